The van der Waals surface area contributed by atoms with Crippen LogP contribution in [0.25, 0.3) is 0 Å². The molecule has 6 heteroatoms. The molecule has 0 unspecified atom stereocenters. The average Bonchev–Trinajstić information content (AvgIpc) is 2.61. The summed E-state index contributed by atoms with van der Waals surface area (Å²) in [5.41, 5.74) is 2.11. The van der Waals surface area contributed by atoms with Gasteiger partial charge in [-0.3, -0.25) is 4.79 Å². The summed E-state index contributed by atoms with van der Waals surface area (Å²) in [5.74, 6) is 1.21. The molecule has 0 spiro atoms. The Bertz CT molecular complexity index is 704. The van der Waals surface area contributed by atoms with Crippen molar-refractivity contribution in [2.45, 2.75) is 32.7 Å². The minimum atomic E-state index is -0.253. The van der Waals surface area contributed by atoms with Gasteiger partial charge in [0.1, 0.15) is 17.8 Å². The van der Waals surface area contributed by atoms with Gasteiger partial charge in [-0.05, 0) is 31.5 Å². The molecule has 24 heavy (non-hydrogen) atoms. The van der Waals surface area contributed by atoms with E-state index in [9.17, 15) is 4.79 Å². The van der Waals surface area contributed by atoms with Gasteiger partial charge in [-0.1, -0.05) is 13.3 Å². The number of nitrogens with one attached hydrogen (secondary N) is 1. The maximum absolute atomic E-state index is 12.6. The van der Waals surface area contributed by atoms with E-state index < -0.39 is 0 Å². The SMILES string of the molecule is CCCc1ncncc1C(=O)N[C@@H](C)c1cc(OC)ccc1OC. The molecule has 2 rings (SSSR count). The molecule has 1 aromatic heterocycles. The van der Waals surface area contributed by atoms with Crippen molar-refractivity contribution in [2.75, 3.05) is 14.2 Å². The van der Waals surface area contributed by atoms with E-state index in [1.165, 1.54) is 6.33 Å². The summed E-state index contributed by atoms with van der Waals surface area (Å²) in [6, 6.07) is 5.25. The van der Waals surface area contributed by atoms with Crippen molar-refractivity contribution >= 4 is 5.91 Å². The van der Waals surface area contributed by atoms with Crippen LogP contribution in [0.15, 0.2) is 30.7 Å². The number of hydrogen-bond donors (Lipinski definition) is 1. The highest BCUT2D eigenvalue weighted by Gasteiger charge is 2.18. The van der Waals surface area contributed by atoms with Crippen molar-refractivity contribution in [3.63, 3.8) is 0 Å². The zero-order valence-corrected chi connectivity index (χ0v) is 14.5. The van der Waals surface area contributed by atoms with E-state index >= 15 is 0 Å². The number of ether oxygens (including phenoxy) is 2. The number of aryl methyl sites for hydroxylation is 1. The topological polar surface area (TPSA) is 73.3 Å². The Kier molecular flexibility index (Phi) is 6.12. The quantitative estimate of drug-likeness (QED) is 0.845. The van der Waals surface area contributed by atoms with Crippen LogP contribution in [-0.2, 0) is 6.42 Å². The van der Waals surface area contributed by atoms with Crippen LogP contribution in [0.3, 0.4) is 0 Å². The van der Waals surface area contributed by atoms with Gasteiger partial charge in [-0.25, -0.2) is 9.97 Å². The molecule has 0 saturated heterocycles. The minimum absolute atomic E-state index is 0.198. The average molecular weight is 329 g/mol. The van der Waals surface area contributed by atoms with E-state index in [2.05, 4.69) is 15.3 Å². The van der Waals surface area contributed by atoms with Gasteiger partial charge < -0.3 is 14.8 Å². The van der Waals surface area contributed by atoms with Crippen LogP contribution >= 0.6 is 0 Å². The number of methoxy groups -OCH3 is 2. The monoisotopic (exact) mass is 329 g/mol. The summed E-state index contributed by atoms with van der Waals surface area (Å²) in [6.45, 7) is 3.95. The summed E-state index contributed by atoms with van der Waals surface area (Å²) in [4.78, 5) is 20.8. The molecule has 0 aliphatic heterocycles. The Labute approximate surface area is 142 Å². The second kappa shape index (κ2) is 8.29. The van der Waals surface area contributed by atoms with Crippen LogP contribution in [-0.4, -0.2) is 30.1 Å². The molecule has 128 valence electrons. The van der Waals surface area contributed by atoms with Gasteiger partial charge >= 0.3 is 0 Å². The molecule has 1 atom stereocenters. The molecule has 1 heterocycles. The van der Waals surface area contributed by atoms with Crippen molar-refractivity contribution in [1.29, 1.82) is 0 Å². The van der Waals surface area contributed by atoms with Gasteiger partial charge in [0.05, 0.1) is 31.5 Å². The minimum Gasteiger partial charge on any atom is -0.497 e. The third-order valence-electron chi connectivity index (χ3n) is 3.78. The first-order valence-electron chi connectivity index (χ1n) is 7.92. The highest BCUT2D eigenvalue weighted by Crippen LogP contribution is 2.29. The summed E-state index contributed by atoms with van der Waals surface area (Å²) in [6.07, 6.45) is 4.68. The number of nitrogens with zero attached hydrogens (tertiary/aromatic N) is 2. The fourth-order valence-corrected chi connectivity index (χ4v) is 2.51. The Morgan fingerprint density at radius 2 is 2.08 bits per heavy atom. The molecular weight excluding hydrogens is 306 g/mol. The third-order valence-corrected chi connectivity index (χ3v) is 3.78. The number of rotatable bonds is 7. The van der Waals surface area contributed by atoms with Gasteiger partial charge in [-0.15, -0.1) is 0 Å². The zero-order chi connectivity index (χ0) is 17.5. The second-order valence-corrected chi connectivity index (χ2v) is 5.44. The van der Waals surface area contributed by atoms with E-state index in [4.69, 9.17) is 9.47 Å². The number of hydrogen-bond acceptors (Lipinski definition) is 5. The Morgan fingerprint density at radius 3 is 2.75 bits per heavy atom. The highest BCUT2D eigenvalue weighted by molar-refractivity contribution is 5.95. The Hall–Kier alpha value is -2.63. The van der Waals surface area contributed by atoms with Crippen molar-refractivity contribution in [2.24, 2.45) is 0 Å². The first-order chi connectivity index (χ1) is 11.6. The standard InChI is InChI=1S/C18H23N3O3/c1-5-6-16-15(10-19-11-20-16)18(22)21-12(2)14-9-13(23-3)7-8-17(14)24-4/h7-12H,5-6H2,1-4H3,(H,21,22)/t12-/m0/s1. The maximum Gasteiger partial charge on any atom is 0.255 e. The second-order valence-electron chi connectivity index (χ2n) is 5.44. The summed E-state index contributed by atoms with van der Waals surface area (Å²) >= 11 is 0. The molecule has 0 radical (unpaired) electrons. The molecule has 1 aromatic carbocycles. The molecule has 0 bridgehead atoms. The predicted octanol–water partition coefficient (Wildman–Crippen LogP) is 2.94. The molecule has 0 saturated carbocycles. The summed E-state index contributed by atoms with van der Waals surface area (Å²) in [7, 11) is 3.21. The van der Waals surface area contributed by atoms with Crippen LogP contribution in [0.4, 0.5) is 0 Å². The maximum atomic E-state index is 12.6. The number of carbonyl (C=O) groups excluding carboxylic acids is 1. The number of amides is 1. The lowest BCUT2D eigenvalue weighted by Gasteiger charge is -2.18. The van der Waals surface area contributed by atoms with Crippen LogP contribution in [0.2, 0.25) is 0 Å². The highest BCUT2D eigenvalue weighted by atomic mass is 16.5. The Balaban J connectivity index is 2.23. The first kappa shape index (κ1) is 17.7. The molecule has 0 aliphatic carbocycles. The fraction of sp³-hybridized carbons (Fsp3) is 0.389. The lowest BCUT2D eigenvalue weighted by atomic mass is 10.1. The van der Waals surface area contributed by atoms with Crippen molar-refractivity contribution in [1.82, 2.24) is 15.3 Å². The molecule has 1 amide bonds. The van der Waals surface area contributed by atoms with E-state index in [1.807, 2.05) is 32.0 Å². The lowest BCUT2D eigenvalue weighted by molar-refractivity contribution is 0.0937. The summed E-state index contributed by atoms with van der Waals surface area (Å²) in [5, 5.41) is 2.98. The van der Waals surface area contributed by atoms with Crippen molar-refractivity contribution in [3.05, 3.63) is 47.5 Å². The van der Waals surface area contributed by atoms with Crippen LogP contribution in [0.5, 0.6) is 11.5 Å². The van der Waals surface area contributed by atoms with Gasteiger partial charge in [0, 0.05) is 11.8 Å². The zero-order valence-electron chi connectivity index (χ0n) is 14.5. The third kappa shape index (κ3) is 4.01. The number of aromatic nitrogens is 2. The predicted molar refractivity (Wildman–Crippen MR) is 91.5 cm³/mol. The molecular formula is C18H23N3O3. The van der Waals surface area contributed by atoms with Crippen LogP contribution in [0, 0.1) is 0 Å². The largest absolute Gasteiger partial charge is 0.497 e. The Morgan fingerprint density at radius 1 is 1.29 bits per heavy atom. The van der Waals surface area contributed by atoms with E-state index in [0.717, 1.165) is 24.1 Å². The van der Waals surface area contributed by atoms with Crippen molar-refractivity contribution in [3.8, 4) is 11.5 Å². The van der Waals surface area contributed by atoms with Crippen LogP contribution < -0.4 is 14.8 Å². The first-order valence-corrected chi connectivity index (χ1v) is 7.92. The van der Waals surface area contributed by atoms with Gasteiger partial charge in [0.25, 0.3) is 5.91 Å². The molecule has 2 aromatic rings. The van der Waals surface area contributed by atoms with E-state index in [1.54, 1.807) is 20.4 Å². The van der Waals surface area contributed by atoms with Crippen molar-refractivity contribution < 1.29 is 14.3 Å². The van der Waals surface area contributed by atoms with Crippen LogP contribution in [0.1, 0.15) is 47.9 Å². The van der Waals surface area contributed by atoms with E-state index in [0.29, 0.717) is 17.1 Å². The van der Waals surface area contributed by atoms with Gasteiger partial charge in [0.2, 0.25) is 0 Å². The number of carbonyl (C=O) groups is 1. The molecule has 0 fully saturated rings. The smallest absolute Gasteiger partial charge is 0.255 e. The van der Waals surface area contributed by atoms with E-state index in [-0.39, 0.29) is 11.9 Å². The molecule has 6 nitrogen and oxygen atoms in total. The van der Waals surface area contributed by atoms with Gasteiger partial charge in [0.15, 0.2) is 0 Å². The molecule has 1 N–H and O–H groups in total. The number of benzene rings is 1. The molecule has 0 aliphatic rings. The summed E-state index contributed by atoms with van der Waals surface area (Å²) < 4.78 is 10.6. The lowest BCUT2D eigenvalue weighted by Crippen LogP contribution is -2.28. The normalized spacial score (nSPS) is 11.7. The fourth-order valence-electron chi connectivity index (χ4n) is 2.51. The van der Waals surface area contributed by atoms with Gasteiger partial charge in [-0.2, -0.15) is 0 Å².